The van der Waals surface area contributed by atoms with E-state index in [4.69, 9.17) is 9.47 Å². The number of fused-ring (bicyclic) bond motifs is 3. The van der Waals surface area contributed by atoms with Gasteiger partial charge in [0.05, 0.1) is 0 Å². The summed E-state index contributed by atoms with van der Waals surface area (Å²) in [5.74, 6) is -1.60. The monoisotopic (exact) mass is 466 g/mol. The van der Waals surface area contributed by atoms with E-state index >= 15 is 0 Å². The van der Waals surface area contributed by atoms with Crippen molar-refractivity contribution in [2.75, 3.05) is 32.9 Å². The van der Waals surface area contributed by atoms with Crippen molar-refractivity contribution in [3.63, 3.8) is 0 Å². The number of hydrogen-bond acceptors (Lipinski definition) is 5. The van der Waals surface area contributed by atoms with Crippen molar-refractivity contribution in [1.82, 2.24) is 10.2 Å². The second kappa shape index (κ2) is 10.3. The van der Waals surface area contributed by atoms with Crippen molar-refractivity contribution >= 4 is 18.0 Å². The number of aliphatic carboxylic acids is 1. The minimum Gasteiger partial charge on any atom is -0.480 e. The van der Waals surface area contributed by atoms with E-state index in [1.54, 1.807) is 0 Å². The van der Waals surface area contributed by atoms with E-state index in [0.29, 0.717) is 26.2 Å². The quantitative estimate of drug-likeness (QED) is 0.618. The van der Waals surface area contributed by atoms with Gasteiger partial charge in [-0.2, -0.15) is 0 Å². The van der Waals surface area contributed by atoms with Crippen molar-refractivity contribution in [2.24, 2.45) is 0 Å². The number of ether oxygens (including phenoxy) is 2. The minimum atomic E-state index is -1.24. The Morgan fingerprint density at radius 3 is 2.21 bits per heavy atom. The first kappa shape index (κ1) is 23.8. The van der Waals surface area contributed by atoms with Gasteiger partial charge >= 0.3 is 12.1 Å². The second-order valence-corrected chi connectivity index (χ2v) is 8.77. The average Bonchev–Trinajstić information content (AvgIpc) is 3.16. The van der Waals surface area contributed by atoms with Gasteiger partial charge in [-0.25, -0.2) is 4.79 Å². The predicted molar refractivity (Wildman–Crippen MR) is 125 cm³/mol. The maximum Gasteiger partial charge on any atom is 0.408 e. The van der Waals surface area contributed by atoms with Crippen molar-refractivity contribution in [3.8, 4) is 11.1 Å². The van der Waals surface area contributed by atoms with Gasteiger partial charge in [-0.3, -0.25) is 9.59 Å². The molecule has 2 aliphatic rings. The largest absolute Gasteiger partial charge is 0.480 e. The summed E-state index contributed by atoms with van der Waals surface area (Å²) in [7, 11) is 0. The topological polar surface area (TPSA) is 105 Å². The lowest BCUT2D eigenvalue weighted by Crippen LogP contribution is -2.62. The number of hydrogen-bond donors (Lipinski definition) is 2. The Morgan fingerprint density at radius 2 is 1.65 bits per heavy atom. The number of carbonyl (C=O) groups excluding carboxylic acids is 2. The van der Waals surface area contributed by atoms with E-state index in [1.807, 2.05) is 43.3 Å². The summed E-state index contributed by atoms with van der Waals surface area (Å²) in [6, 6.07) is 16.1. The number of nitrogens with one attached hydrogen (secondary N) is 1. The summed E-state index contributed by atoms with van der Waals surface area (Å²) in [5, 5.41) is 12.0. The maximum absolute atomic E-state index is 13.4. The van der Waals surface area contributed by atoms with Crippen LogP contribution in [-0.4, -0.2) is 66.4 Å². The van der Waals surface area contributed by atoms with Gasteiger partial charge in [-0.1, -0.05) is 55.5 Å². The highest BCUT2D eigenvalue weighted by Gasteiger charge is 2.45. The van der Waals surface area contributed by atoms with Gasteiger partial charge in [0, 0.05) is 38.5 Å². The number of benzene rings is 2. The number of rotatable bonds is 8. The summed E-state index contributed by atoms with van der Waals surface area (Å²) in [6.45, 7) is 2.47. The van der Waals surface area contributed by atoms with Crippen molar-refractivity contribution < 1.29 is 29.0 Å². The molecule has 4 rings (SSSR count). The van der Waals surface area contributed by atoms with Gasteiger partial charge in [0.2, 0.25) is 5.91 Å². The van der Waals surface area contributed by atoms with Crippen LogP contribution >= 0.6 is 0 Å². The Morgan fingerprint density at radius 1 is 1.06 bits per heavy atom. The molecule has 2 aromatic rings. The number of nitrogens with zero attached hydrogens (tertiary/aromatic N) is 1. The molecular formula is C26H30N2O6. The molecule has 1 fully saturated rings. The minimum absolute atomic E-state index is 0.0944. The Balaban J connectivity index is 1.49. The molecule has 1 aliphatic carbocycles. The highest BCUT2D eigenvalue weighted by atomic mass is 16.5. The van der Waals surface area contributed by atoms with E-state index in [2.05, 4.69) is 17.4 Å². The smallest absolute Gasteiger partial charge is 0.408 e. The number of carbonyl (C=O) groups is 3. The van der Waals surface area contributed by atoms with Crippen LogP contribution in [0.3, 0.4) is 0 Å². The molecule has 0 atom stereocenters. The molecule has 2 aromatic carbocycles. The standard InChI is InChI=1S/C26H30N2O6/c1-2-13-28(16-23(29)30)24(31)26(11-14-33-15-12-26)27-25(32)34-17-22-20-9-5-3-7-18(20)19-8-4-6-10-21(19)22/h3-10,22H,2,11-17H2,1H3,(H,27,32)(H,29,30). The third kappa shape index (κ3) is 4.77. The van der Waals surface area contributed by atoms with Crippen LogP contribution < -0.4 is 5.32 Å². The molecule has 180 valence electrons. The Hall–Kier alpha value is -3.39. The van der Waals surface area contributed by atoms with Gasteiger partial charge in [0.1, 0.15) is 18.7 Å². The molecular weight excluding hydrogens is 436 g/mol. The summed E-state index contributed by atoms with van der Waals surface area (Å²) in [5.41, 5.74) is 3.22. The van der Waals surface area contributed by atoms with Gasteiger partial charge in [-0.05, 0) is 28.7 Å². The molecule has 0 radical (unpaired) electrons. The molecule has 0 saturated carbocycles. The molecule has 2 amide bonds. The fraction of sp³-hybridized carbons (Fsp3) is 0.423. The normalized spacial score (nSPS) is 16.3. The summed E-state index contributed by atoms with van der Waals surface area (Å²) in [4.78, 5) is 39.0. The second-order valence-electron chi connectivity index (χ2n) is 8.77. The van der Waals surface area contributed by atoms with Gasteiger partial charge in [0.15, 0.2) is 0 Å². The fourth-order valence-corrected chi connectivity index (χ4v) is 4.93. The Bertz CT molecular complexity index is 1020. The third-order valence-electron chi connectivity index (χ3n) is 6.55. The highest BCUT2D eigenvalue weighted by molar-refractivity contribution is 5.92. The van der Waals surface area contributed by atoms with Crippen LogP contribution in [0.25, 0.3) is 11.1 Å². The zero-order valence-corrected chi connectivity index (χ0v) is 19.3. The first-order valence-corrected chi connectivity index (χ1v) is 11.7. The molecule has 34 heavy (non-hydrogen) atoms. The molecule has 8 heteroatoms. The Labute approximate surface area is 198 Å². The predicted octanol–water partition coefficient (Wildman–Crippen LogP) is 3.40. The van der Waals surface area contributed by atoms with Gasteiger partial charge in [0.25, 0.3) is 0 Å². The molecule has 0 unspecified atom stereocenters. The van der Waals surface area contributed by atoms with E-state index in [0.717, 1.165) is 22.3 Å². The van der Waals surface area contributed by atoms with Crippen LogP contribution in [0.1, 0.15) is 43.2 Å². The number of carboxylic acid groups (broad SMARTS) is 1. The number of alkyl carbamates (subject to hydrolysis) is 1. The van der Waals surface area contributed by atoms with Crippen LogP contribution in [0.5, 0.6) is 0 Å². The van der Waals surface area contributed by atoms with Gasteiger partial charge in [-0.15, -0.1) is 0 Å². The van der Waals surface area contributed by atoms with E-state index in [1.165, 1.54) is 4.90 Å². The van der Waals surface area contributed by atoms with Crippen LogP contribution in [0.4, 0.5) is 4.79 Å². The van der Waals surface area contributed by atoms with E-state index in [9.17, 15) is 19.5 Å². The summed E-state index contributed by atoms with van der Waals surface area (Å²) in [6.07, 6.45) is 0.436. The van der Waals surface area contributed by atoms with Crippen LogP contribution in [-0.2, 0) is 19.1 Å². The lowest BCUT2D eigenvalue weighted by atomic mass is 9.88. The molecule has 0 aromatic heterocycles. The van der Waals surface area contributed by atoms with Crippen molar-refractivity contribution in [1.29, 1.82) is 0 Å². The zero-order chi connectivity index (χ0) is 24.1. The Kier molecular flexibility index (Phi) is 7.17. The average molecular weight is 467 g/mol. The van der Waals surface area contributed by atoms with E-state index < -0.39 is 30.1 Å². The molecule has 8 nitrogen and oxygen atoms in total. The van der Waals surface area contributed by atoms with Crippen LogP contribution in [0.15, 0.2) is 48.5 Å². The van der Waals surface area contributed by atoms with E-state index in [-0.39, 0.29) is 25.4 Å². The SMILES string of the molecule is CCCN(CC(=O)O)C(=O)C1(NC(=O)OCC2c3ccccc3-c3ccccc32)CCOCC1. The lowest BCUT2D eigenvalue weighted by molar-refractivity contribution is -0.149. The molecule has 1 aliphatic heterocycles. The maximum atomic E-state index is 13.4. The molecule has 2 N–H and O–H groups in total. The first-order chi connectivity index (χ1) is 16.4. The van der Waals surface area contributed by atoms with Crippen molar-refractivity contribution in [3.05, 3.63) is 59.7 Å². The third-order valence-corrected chi connectivity index (χ3v) is 6.55. The summed E-state index contributed by atoms with van der Waals surface area (Å²) < 4.78 is 11.1. The number of amides is 2. The molecule has 1 heterocycles. The van der Waals surface area contributed by atoms with Crippen LogP contribution in [0, 0.1) is 0 Å². The first-order valence-electron chi connectivity index (χ1n) is 11.7. The van der Waals surface area contributed by atoms with Crippen LogP contribution in [0.2, 0.25) is 0 Å². The fourth-order valence-electron chi connectivity index (χ4n) is 4.93. The highest BCUT2D eigenvalue weighted by Crippen LogP contribution is 2.44. The molecule has 0 bridgehead atoms. The van der Waals surface area contributed by atoms with Crippen molar-refractivity contribution in [2.45, 2.75) is 37.6 Å². The molecule has 0 spiro atoms. The summed E-state index contributed by atoms with van der Waals surface area (Å²) >= 11 is 0. The number of carboxylic acids is 1. The lowest BCUT2D eigenvalue weighted by Gasteiger charge is -2.39. The zero-order valence-electron chi connectivity index (χ0n) is 19.3. The molecule has 1 saturated heterocycles. The van der Waals surface area contributed by atoms with Gasteiger partial charge < -0.3 is 24.8 Å².